The van der Waals surface area contributed by atoms with Crippen LogP contribution in [0.3, 0.4) is 0 Å². The number of carbonyl (C=O) groups excluding carboxylic acids is 1. The molecule has 2 aromatic carbocycles. The molecule has 0 saturated carbocycles. The van der Waals surface area contributed by atoms with Crippen molar-refractivity contribution < 1.29 is 14.3 Å². The Labute approximate surface area is 175 Å². The highest BCUT2D eigenvalue weighted by atomic mass is 35.5. The van der Waals surface area contributed by atoms with Gasteiger partial charge >= 0.3 is 0 Å². The Morgan fingerprint density at radius 1 is 1.10 bits per heavy atom. The predicted octanol–water partition coefficient (Wildman–Crippen LogP) is 2.78. The zero-order valence-corrected chi connectivity index (χ0v) is 16.8. The van der Waals surface area contributed by atoms with Crippen LogP contribution in [0.25, 0.3) is 22.0 Å². The molecule has 1 atom stereocenters. The van der Waals surface area contributed by atoms with Crippen LogP contribution in [0, 0.1) is 0 Å². The summed E-state index contributed by atoms with van der Waals surface area (Å²) in [5.74, 6) is 1.34. The number of halogens is 1. The van der Waals surface area contributed by atoms with E-state index >= 15 is 0 Å². The van der Waals surface area contributed by atoms with Gasteiger partial charge in [0.05, 0.1) is 0 Å². The lowest BCUT2D eigenvalue weighted by Crippen LogP contribution is -2.37. The predicted molar refractivity (Wildman–Crippen MR) is 116 cm³/mol. The number of fused-ring (bicyclic) bond motifs is 2. The van der Waals surface area contributed by atoms with Gasteiger partial charge in [0, 0.05) is 23.5 Å². The maximum atomic E-state index is 12.4. The molecule has 7 nitrogen and oxygen atoms in total. The smallest absolute Gasteiger partial charge is 0.267 e. The lowest BCUT2D eigenvalue weighted by Gasteiger charge is -2.11. The van der Waals surface area contributed by atoms with Gasteiger partial charge in [0.2, 0.25) is 6.79 Å². The number of aromatic nitrogens is 1. The van der Waals surface area contributed by atoms with Crippen LogP contribution in [-0.4, -0.2) is 36.8 Å². The Balaban J connectivity index is 0.00000240. The summed E-state index contributed by atoms with van der Waals surface area (Å²) in [7, 11) is 0. The van der Waals surface area contributed by atoms with E-state index in [-0.39, 0.29) is 31.1 Å². The van der Waals surface area contributed by atoms with E-state index in [1.54, 1.807) is 0 Å². The number of amides is 1. The van der Waals surface area contributed by atoms with Gasteiger partial charge in [0.15, 0.2) is 11.5 Å². The minimum atomic E-state index is -0.163. The quantitative estimate of drug-likeness (QED) is 0.472. The highest BCUT2D eigenvalue weighted by molar-refractivity contribution is 5.98. The van der Waals surface area contributed by atoms with Gasteiger partial charge in [0.1, 0.15) is 5.69 Å². The summed E-state index contributed by atoms with van der Waals surface area (Å²) in [6, 6.07) is 13.7. The molecule has 1 aliphatic rings. The van der Waals surface area contributed by atoms with E-state index in [1.807, 2.05) is 42.5 Å². The molecule has 4 rings (SSSR count). The van der Waals surface area contributed by atoms with E-state index in [0.717, 1.165) is 46.4 Å². The first-order valence-electron chi connectivity index (χ1n) is 9.40. The molecular formula is C21H25ClN4O3. The van der Waals surface area contributed by atoms with Gasteiger partial charge in [-0.25, -0.2) is 0 Å². The first-order chi connectivity index (χ1) is 13.6. The summed E-state index contributed by atoms with van der Waals surface area (Å²) in [4.78, 5) is 15.6. The summed E-state index contributed by atoms with van der Waals surface area (Å²) >= 11 is 0. The number of carbonyl (C=O) groups is 1. The minimum Gasteiger partial charge on any atom is -0.454 e. The zero-order chi connectivity index (χ0) is 19.5. The van der Waals surface area contributed by atoms with Crippen molar-refractivity contribution in [1.29, 1.82) is 0 Å². The van der Waals surface area contributed by atoms with Crippen molar-refractivity contribution in [1.82, 2.24) is 10.3 Å². The average Bonchev–Trinajstić information content (AvgIpc) is 3.35. The van der Waals surface area contributed by atoms with Crippen LogP contribution in [0.5, 0.6) is 11.5 Å². The number of hydrogen-bond donors (Lipinski definition) is 4. The molecule has 1 aliphatic heterocycles. The van der Waals surface area contributed by atoms with Gasteiger partial charge in [-0.2, -0.15) is 0 Å². The minimum absolute atomic E-state index is 0. The summed E-state index contributed by atoms with van der Waals surface area (Å²) in [5.41, 5.74) is 14.9. The van der Waals surface area contributed by atoms with Crippen LogP contribution in [0.1, 0.15) is 23.3 Å². The molecule has 0 radical (unpaired) electrons. The molecule has 0 saturated heterocycles. The number of H-pyrrole nitrogens is 1. The van der Waals surface area contributed by atoms with Crippen LogP contribution >= 0.6 is 12.4 Å². The highest BCUT2D eigenvalue weighted by Gasteiger charge is 2.15. The third-order valence-corrected chi connectivity index (χ3v) is 4.88. The van der Waals surface area contributed by atoms with Crippen LogP contribution < -0.4 is 26.3 Å². The zero-order valence-electron chi connectivity index (χ0n) is 15.9. The van der Waals surface area contributed by atoms with Crippen LogP contribution in [0.4, 0.5) is 0 Å². The van der Waals surface area contributed by atoms with E-state index in [2.05, 4.69) is 10.3 Å². The first kappa shape index (κ1) is 21.0. The summed E-state index contributed by atoms with van der Waals surface area (Å²) < 4.78 is 10.8. The fourth-order valence-electron chi connectivity index (χ4n) is 3.31. The Hall–Kier alpha value is -2.74. The third kappa shape index (κ3) is 4.64. The van der Waals surface area contributed by atoms with E-state index in [9.17, 15) is 4.79 Å². The number of hydrogen-bond acceptors (Lipinski definition) is 5. The Kier molecular flexibility index (Phi) is 6.64. The molecular weight excluding hydrogens is 392 g/mol. The Morgan fingerprint density at radius 2 is 1.86 bits per heavy atom. The lowest BCUT2D eigenvalue weighted by atomic mass is 10.0. The second kappa shape index (κ2) is 9.17. The summed E-state index contributed by atoms with van der Waals surface area (Å²) in [5, 5.41) is 3.85. The normalized spacial score (nSPS) is 13.2. The van der Waals surface area contributed by atoms with Gasteiger partial charge in [-0.3, -0.25) is 4.79 Å². The first-order valence-corrected chi connectivity index (χ1v) is 9.40. The van der Waals surface area contributed by atoms with Gasteiger partial charge in [0.25, 0.3) is 5.91 Å². The number of nitrogens with two attached hydrogens (primary N) is 2. The molecule has 2 heterocycles. The second-order valence-electron chi connectivity index (χ2n) is 6.95. The number of ether oxygens (including phenoxy) is 2. The topological polar surface area (TPSA) is 115 Å². The number of rotatable bonds is 7. The van der Waals surface area contributed by atoms with Gasteiger partial charge < -0.3 is 31.2 Å². The van der Waals surface area contributed by atoms with Gasteiger partial charge in [-0.05, 0) is 54.8 Å². The molecule has 8 heteroatoms. The average molecular weight is 417 g/mol. The van der Waals surface area contributed by atoms with Gasteiger partial charge in [-0.15, -0.1) is 12.4 Å². The maximum absolute atomic E-state index is 12.4. The van der Waals surface area contributed by atoms with E-state index < -0.39 is 0 Å². The van der Waals surface area contributed by atoms with E-state index in [0.29, 0.717) is 18.8 Å². The number of benzene rings is 2. The van der Waals surface area contributed by atoms with Crippen molar-refractivity contribution in [2.45, 2.75) is 18.9 Å². The SMILES string of the molecule is Cl.NCCCC(N)CNC(=O)c1cc2ccc(-c3ccc4c(c3)OCO4)cc2[nH]1. The third-order valence-electron chi connectivity index (χ3n) is 4.88. The molecule has 0 bridgehead atoms. The molecule has 3 aromatic rings. The van der Waals surface area contributed by atoms with E-state index in [4.69, 9.17) is 20.9 Å². The van der Waals surface area contributed by atoms with Crippen molar-refractivity contribution >= 4 is 29.2 Å². The molecule has 29 heavy (non-hydrogen) atoms. The fraction of sp³-hybridized carbons (Fsp3) is 0.286. The Bertz CT molecular complexity index is 1000. The van der Waals surface area contributed by atoms with Crippen molar-refractivity contribution in [3.05, 3.63) is 48.2 Å². The molecule has 1 amide bonds. The van der Waals surface area contributed by atoms with Crippen molar-refractivity contribution in [2.24, 2.45) is 11.5 Å². The molecule has 1 unspecified atom stereocenters. The maximum Gasteiger partial charge on any atom is 0.267 e. The molecule has 0 fully saturated rings. The lowest BCUT2D eigenvalue weighted by molar-refractivity contribution is 0.0946. The molecule has 1 aromatic heterocycles. The number of nitrogens with one attached hydrogen (secondary N) is 2. The van der Waals surface area contributed by atoms with Crippen molar-refractivity contribution in [3.63, 3.8) is 0 Å². The largest absolute Gasteiger partial charge is 0.454 e. The molecule has 0 aliphatic carbocycles. The van der Waals surface area contributed by atoms with Crippen LogP contribution in [0.2, 0.25) is 0 Å². The molecule has 6 N–H and O–H groups in total. The van der Waals surface area contributed by atoms with Crippen molar-refractivity contribution in [2.75, 3.05) is 19.9 Å². The van der Waals surface area contributed by atoms with E-state index in [1.165, 1.54) is 0 Å². The Morgan fingerprint density at radius 3 is 2.69 bits per heavy atom. The summed E-state index contributed by atoms with van der Waals surface area (Å²) in [6.45, 7) is 1.29. The standard InChI is InChI=1S/C21H24N4O3.ClH/c22-7-1-2-16(23)11-24-21(26)18-9-15-4-3-13(8-17(15)25-18)14-5-6-19-20(10-14)28-12-27-19;/h3-6,8-10,16,25H,1-2,7,11-12,22-23H2,(H,24,26);1H. The van der Waals surface area contributed by atoms with Crippen LogP contribution in [-0.2, 0) is 0 Å². The highest BCUT2D eigenvalue weighted by Crippen LogP contribution is 2.36. The fourth-order valence-corrected chi connectivity index (χ4v) is 3.31. The molecule has 0 spiro atoms. The monoisotopic (exact) mass is 416 g/mol. The van der Waals surface area contributed by atoms with Crippen LogP contribution in [0.15, 0.2) is 42.5 Å². The summed E-state index contributed by atoms with van der Waals surface area (Å²) in [6.07, 6.45) is 1.65. The van der Waals surface area contributed by atoms with Gasteiger partial charge in [-0.1, -0.05) is 18.2 Å². The second-order valence-corrected chi connectivity index (χ2v) is 6.95. The van der Waals surface area contributed by atoms with Crippen molar-refractivity contribution in [3.8, 4) is 22.6 Å². The molecule has 154 valence electrons. The number of aromatic amines is 1.